The van der Waals surface area contributed by atoms with Gasteiger partial charge in [-0.15, -0.1) is 0 Å². The van der Waals surface area contributed by atoms with E-state index in [9.17, 15) is 0 Å². The second kappa shape index (κ2) is 20.6. The number of fused-ring (bicyclic) bond motifs is 22. The minimum atomic E-state index is -0.391. The van der Waals surface area contributed by atoms with Crippen molar-refractivity contribution in [2.24, 2.45) is 0 Å². The lowest BCUT2D eigenvalue weighted by atomic mass is 9.33. The third kappa shape index (κ3) is 8.40. The highest BCUT2D eigenvalue weighted by molar-refractivity contribution is 7.00. The summed E-state index contributed by atoms with van der Waals surface area (Å²) in [5, 5.41) is 4.82. The highest BCUT2D eigenvalue weighted by atomic mass is 16.5. The van der Waals surface area contributed by atoms with Crippen LogP contribution in [0.2, 0.25) is 0 Å². The van der Waals surface area contributed by atoms with Crippen LogP contribution < -0.4 is 35.7 Å². The van der Waals surface area contributed by atoms with E-state index in [1.54, 1.807) is 0 Å². The number of aromatic nitrogens is 2. The molecule has 0 radical (unpaired) electrons. The summed E-state index contributed by atoms with van der Waals surface area (Å²) in [5.74, 6) is 3.16. The van der Waals surface area contributed by atoms with Gasteiger partial charge in [-0.25, -0.2) is 0 Å². The molecule has 0 saturated heterocycles. The molecule has 4 aliphatic rings. The SMILES string of the molecule is CC(C)(C)c1cc2c3c(c1)N1c4c(cc(-n5c6ccccc6c6ccccc65)cc4-c4ccccc4Oc4ccccc4-c4cccc(C(C)(C)C)c41)B3c1cc(-n3c4ccccc4c4ccccc43)cc3c1N2c1c(cccc1C(C)(C)C)-c1ccccc1Oc1ccccc1-3. The van der Waals surface area contributed by atoms with Gasteiger partial charge in [-0.05, 0) is 134 Å². The summed E-state index contributed by atoms with van der Waals surface area (Å²) in [5.41, 5.74) is 28.1. The molecule has 0 bridgehead atoms. The second-order valence-electron chi connectivity index (χ2n) is 30.0. The maximum atomic E-state index is 7.54. The summed E-state index contributed by atoms with van der Waals surface area (Å²) < 4.78 is 20.1. The molecule has 15 aromatic rings. The van der Waals surface area contributed by atoms with Crippen LogP contribution in [0.5, 0.6) is 23.0 Å². The normalized spacial score (nSPS) is 13.5. The highest BCUT2D eigenvalue weighted by Crippen LogP contribution is 2.60. The van der Waals surface area contributed by atoms with Crippen molar-refractivity contribution in [1.82, 2.24) is 9.13 Å². The molecule has 13 aromatic carbocycles. The fourth-order valence-corrected chi connectivity index (χ4v) is 16.8. The molecule has 7 heteroatoms. The molecule has 0 amide bonds. The number of anilines is 6. The number of hydrogen-bond acceptors (Lipinski definition) is 4. The van der Waals surface area contributed by atoms with Crippen LogP contribution in [0.3, 0.4) is 0 Å². The van der Waals surface area contributed by atoms with E-state index in [1.807, 2.05) is 0 Å². The van der Waals surface area contributed by atoms with Gasteiger partial charge in [0, 0.05) is 100 Å². The number of ether oxygens (including phenoxy) is 2. The molecular formula is C90H71BN4O2. The quantitative estimate of drug-likeness (QED) is 0.162. The maximum absolute atomic E-state index is 7.54. The molecule has 6 heterocycles. The lowest BCUT2D eigenvalue weighted by Gasteiger charge is -2.48. The molecule has 0 atom stereocenters. The predicted molar refractivity (Wildman–Crippen MR) is 407 cm³/mol. The minimum absolute atomic E-state index is 0.332. The van der Waals surface area contributed by atoms with Gasteiger partial charge in [-0.1, -0.05) is 244 Å². The Kier molecular flexibility index (Phi) is 12.2. The van der Waals surface area contributed by atoms with E-state index >= 15 is 0 Å². The first-order chi connectivity index (χ1) is 47.1. The van der Waals surface area contributed by atoms with Crippen LogP contribution in [0.4, 0.5) is 34.1 Å². The van der Waals surface area contributed by atoms with Gasteiger partial charge >= 0.3 is 0 Å². The van der Waals surface area contributed by atoms with Crippen molar-refractivity contribution < 1.29 is 9.47 Å². The van der Waals surface area contributed by atoms with Crippen molar-refractivity contribution in [2.75, 3.05) is 9.80 Å². The van der Waals surface area contributed by atoms with E-state index in [0.717, 1.165) is 135 Å². The Labute approximate surface area is 566 Å². The van der Waals surface area contributed by atoms with Crippen LogP contribution in [0, 0.1) is 0 Å². The van der Waals surface area contributed by atoms with Crippen LogP contribution in [0.15, 0.2) is 267 Å². The minimum Gasteiger partial charge on any atom is -0.456 e. The van der Waals surface area contributed by atoms with Crippen LogP contribution in [0.25, 0.3) is 99.5 Å². The fourth-order valence-electron chi connectivity index (χ4n) is 16.8. The fraction of sp³-hybridized carbons (Fsp3) is 0.133. The lowest BCUT2D eigenvalue weighted by molar-refractivity contribution is 0.486. The molecule has 0 N–H and O–H groups in total. The Morgan fingerprint density at radius 3 is 0.928 bits per heavy atom. The zero-order chi connectivity index (χ0) is 65.5. The van der Waals surface area contributed by atoms with Gasteiger partial charge in [0.15, 0.2) is 0 Å². The van der Waals surface area contributed by atoms with Crippen molar-refractivity contribution in [2.45, 2.75) is 78.6 Å². The van der Waals surface area contributed by atoms with E-state index in [1.165, 1.54) is 54.6 Å². The van der Waals surface area contributed by atoms with Gasteiger partial charge in [0.2, 0.25) is 0 Å². The Bertz CT molecular complexity index is 5430. The largest absolute Gasteiger partial charge is 0.456 e. The maximum Gasteiger partial charge on any atom is 0.252 e. The number of nitrogens with zero attached hydrogens (tertiary/aromatic N) is 4. The highest BCUT2D eigenvalue weighted by Gasteiger charge is 2.49. The van der Waals surface area contributed by atoms with Crippen LogP contribution >= 0.6 is 0 Å². The Hall–Kier alpha value is -11.3. The molecule has 97 heavy (non-hydrogen) atoms. The summed E-state index contributed by atoms with van der Waals surface area (Å²) in [4.78, 5) is 5.50. The molecule has 6 nitrogen and oxygen atoms in total. The molecule has 0 spiro atoms. The van der Waals surface area contributed by atoms with Gasteiger partial charge in [-0.3, -0.25) is 0 Å². The predicted octanol–water partition coefficient (Wildman–Crippen LogP) is 22.7. The summed E-state index contributed by atoms with van der Waals surface area (Å²) in [6.45, 7) is 21.1. The molecule has 2 aromatic heterocycles. The van der Waals surface area contributed by atoms with Gasteiger partial charge in [-0.2, -0.15) is 0 Å². The first-order valence-electron chi connectivity index (χ1n) is 34.2. The molecule has 4 aliphatic heterocycles. The summed E-state index contributed by atoms with van der Waals surface area (Å²) in [6.07, 6.45) is 0. The van der Waals surface area contributed by atoms with E-state index in [0.29, 0.717) is 0 Å². The third-order valence-electron chi connectivity index (χ3n) is 21.1. The first kappa shape index (κ1) is 57.2. The topological polar surface area (TPSA) is 34.8 Å². The average Bonchev–Trinajstić information content (AvgIpc) is 1.07. The van der Waals surface area contributed by atoms with Crippen molar-refractivity contribution in [3.63, 3.8) is 0 Å². The first-order valence-corrected chi connectivity index (χ1v) is 34.2. The van der Waals surface area contributed by atoms with Crippen molar-refractivity contribution >= 4 is 101 Å². The molecule has 0 aliphatic carbocycles. The summed E-state index contributed by atoms with van der Waals surface area (Å²) in [6, 6.07) is 100.0. The molecule has 0 fully saturated rings. The number of para-hydroxylation sites is 10. The number of benzene rings is 13. The lowest BCUT2D eigenvalue weighted by Crippen LogP contribution is -2.62. The summed E-state index contributed by atoms with van der Waals surface area (Å²) >= 11 is 0. The van der Waals surface area contributed by atoms with E-state index in [-0.39, 0.29) is 16.2 Å². The second-order valence-corrected chi connectivity index (χ2v) is 30.0. The number of rotatable bonds is 2. The standard InChI is InChI=1S/C90H71BN4O2/c1-88(2,3)54-48-77-83-78(49-54)95-85-66(37-27-39-70(85)90(7,8)9)62-33-15-23-45-80(62)97-82-47-25-17-35-64(82)68-51-56(93-75-42-20-12-30-59(75)60-31-13-21-43-76(60)93)53-72(87(68)95)91(83)71-52-55(92-73-40-18-10-28-57(73)58-29-11-19-41-74(58)92)50-67-63-34-16-24-46-81(63)96-79-44-22-14-32-61(79)65-36-26-38-69(89(4,5)6)84(65)94(77)86(67)71/h10-53H,1-9H3. The van der Waals surface area contributed by atoms with Crippen LogP contribution in [-0.4, -0.2) is 15.8 Å². The van der Waals surface area contributed by atoms with E-state index in [2.05, 4.69) is 348 Å². The van der Waals surface area contributed by atoms with Crippen molar-refractivity contribution in [1.29, 1.82) is 0 Å². The average molecular weight is 1250 g/mol. The van der Waals surface area contributed by atoms with Gasteiger partial charge in [0.25, 0.3) is 6.71 Å². The van der Waals surface area contributed by atoms with Crippen molar-refractivity contribution in [3.05, 3.63) is 284 Å². The van der Waals surface area contributed by atoms with Crippen LogP contribution in [0.1, 0.15) is 79.0 Å². The van der Waals surface area contributed by atoms with Gasteiger partial charge in [0.05, 0.1) is 33.4 Å². The molecule has 0 saturated carbocycles. The van der Waals surface area contributed by atoms with Gasteiger partial charge in [0.1, 0.15) is 23.0 Å². The Morgan fingerprint density at radius 1 is 0.278 bits per heavy atom. The molecular weight excluding hydrogens is 1180 g/mol. The number of hydrogen-bond donors (Lipinski definition) is 0. The molecule has 466 valence electrons. The van der Waals surface area contributed by atoms with Crippen molar-refractivity contribution in [3.8, 4) is 78.9 Å². The zero-order valence-electron chi connectivity index (χ0n) is 56.1. The monoisotopic (exact) mass is 1250 g/mol. The third-order valence-corrected chi connectivity index (χ3v) is 21.1. The Morgan fingerprint density at radius 2 is 0.588 bits per heavy atom. The smallest absolute Gasteiger partial charge is 0.252 e. The summed E-state index contributed by atoms with van der Waals surface area (Å²) in [7, 11) is 0. The molecule has 0 unspecified atom stereocenters. The van der Waals surface area contributed by atoms with E-state index < -0.39 is 6.71 Å². The zero-order valence-corrected chi connectivity index (χ0v) is 56.1. The Balaban J connectivity index is 1.09. The van der Waals surface area contributed by atoms with Gasteiger partial charge < -0.3 is 28.4 Å². The van der Waals surface area contributed by atoms with E-state index in [4.69, 9.17) is 9.47 Å². The molecule has 19 rings (SSSR count). The van der Waals surface area contributed by atoms with Crippen LogP contribution in [-0.2, 0) is 16.2 Å².